The first-order valence-corrected chi connectivity index (χ1v) is 9.02. The molecule has 3 rings (SSSR count). The summed E-state index contributed by atoms with van der Waals surface area (Å²) in [6, 6.07) is 14.0. The average molecular weight is 386 g/mol. The second kappa shape index (κ2) is 9.75. The fourth-order valence-electron chi connectivity index (χ4n) is 3.04. The van der Waals surface area contributed by atoms with E-state index in [-0.39, 0.29) is 0 Å². The maximum Gasteiger partial charge on any atom is 0.328 e. The summed E-state index contributed by atoms with van der Waals surface area (Å²) in [7, 11) is 1.71. The summed E-state index contributed by atoms with van der Waals surface area (Å²) in [5, 5.41) is 21.6. The summed E-state index contributed by atoms with van der Waals surface area (Å²) in [6.07, 6.45) is 1.12. The highest BCUT2D eigenvalue weighted by atomic mass is 16.5. The number of nitrogens with one attached hydrogen (secondary N) is 1. The molecule has 1 fully saturated rings. The SMILES string of the molecule is COc1ccc2cc(N3C[C@@H](C)NC[C@@H]3C)ccc2c1.O=C(O)/C=C/C(=O)O. The van der Waals surface area contributed by atoms with Crippen molar-refractivity contribution in [1.82, 2.24) is 5.32 Å². The molecule has 0 aromatic heterocycles. The van der Waals surface area contributed by atoms with E-state index >= 15 is 0 Å². The van der Waals surface area contributed by atoms with E-state index in [2.05, 4.69) is 54.4 Å². The molecule has 2 atom stereocenters. The number of benzene rings is 2. The lowest BCUT2D eigenvalue weighted by Crippen LogP contribution is -2.54. The molecule has 2 aromatic carbocycles. The third-order valence-corrected chi connectivity index (χ3v) is 4.50. The molecule has 0 aliphatic carbocycles. The topological polar surface area (TPSA) is 99.1 Å². The highest BCUT2D eigenvalue weighted by Crippen LogP contribution is 2.27. The van der Waals surface area contributed by atoms with Crippen LogP contribution in [0.15, 0.2) is 48.6 Å². The van der Waals surface area contributed by atoms with E-state index < -0.39 is 11.9 Å². The fourth-order valence-corrected chi connectivity index (χ4v) is 3.04. The van der Waals surface area contributed by atoms with E-state index in [4.69, 9.17) is 14.9 Å². The first-order chi connectivity index (χ1) is 13.3. The van der Waals surface area contributed by atoms with Gasteiger partial charge in [-0.25, -0.2) is 9.59 Å². The van der Waals surface area contributed by atoms with E-state index in [9.17, 15) is 9.59 Å². The van der Waals surface area contributed by atoms with Gasteiger partial charge in [0.05, 0.1) is 7.11 Å². The van der Waals surface area contributed by atoms with Gasteiger partial charge in [-0.2, -0.15) is 0 Å². The number of ether oxygens (including phenoxy) is 1. The van der Waals surface area contributed by atoms with Gasteiger partial charge in [0.2, 0.25) is 0 Å². The van der Waals surface area contributed by atoms with Crippen molar-refractivity contribution >= 4 is 28.4 Å². The van der Waals surface area contributed by atoms with Crippen LogP contribution >= 0.6 is 0 Å². The maximum absolute atomic E-state index is 9.55. The molecule has 2 aromatic rings. The van der Waals surface area contributed by atoms with Crippen molar-refractivity contribution in [2.24, 2.45) is 0 Å². The highest BCUT2D eigenvalue weighted by molar-refractivity contribution is 5.89. The Labute approximate surface area is 164 Å². The van der Waals surface area contributed by atoms with Crippen LogP contribution in [0.3, 0.4) is 0 Å². The monoisotopic (exact) mass is 386 g/mol. The van der Waals surface area contributed by atoms with Gasteiger partial charge < -0.3 is 25.2 Å². The second-order valence-corrected chi connectivity index (χ2v) is 6.72. The van der Waals surface area contributed by atoms with Gasteiger partial charge in [0, 0.05) is 43.0 Å². The molecule has 1 aliphatic heterocycles. The maximum atomic E-state index is 9.55. The number of carboxylic acids is 2. The Balaban J connectivity index is 0.000000300. The number of carbonyl (C=O) groups is 2. The van der Waals surface area contributed by atoms with Crippen molar-refractivity contribution in [3.05, 3.63) is 48.6 Å². The zero-order chi connectivity index (χ0) is 20.7. The molecule has 0 saturated carbocycles. The molecule has 28 heavy (non-hydrogen) atoms. The first kappa shape index (κ1) is 21.2. The zero-order valence-corrected chi connectivity index (χ0v) is 16.3. The van der Waals surface area contributed by atoms with Gasteiger partial charge in [0.1, 0.15) is 5.75 Å². The first-order valence-electron chi connectivity index (χ1n) is 9.02. The van der Waals surface area contributed by atoms with Crippen LogP contribution in [0.4, 0.5) is 5.69 Å². The predicted molar refractivity (Wildman–Crippen MR) is 109 cm³/mol. The summed E-state index contributed by atoms with van der Waals surface area (Å²) in [4.78, 5) is 21.6. The van der Waals surface area contributed by atoms with E-state index in [1.807, 2.05) is 6.07 Å². The number of piperazine rings is 1. The van der Waals surface area contributed by atoms with E-state index in [1.165, 1.54) is 16.5 Å². The van der Waals surface area contributed by atoms with Gasteiger partial charge in [-0.1, -0.05) is 12.1 Å². The molecule has 1 saturated heterocycles. The van der Waals surface area contributed by atoms with Crippen molar-refractivity contribution in [1.29, 1.82) is 0 Å². The van der Waals surface area contributed by atoms with Gasteiger partial charge in [0.25, 0.3) is 0 Å². The van der Waals surface area contributed by atoms with Crippen LogP contribution in [0, 0.1) is 0 Å². The minimum absolute atomic E-state index is 0.530. The van der Waals surface area contributed by atoms with Crippen molar-refractivity contribution < 1.29 is 24.5 Å². The number of methoxy groups -OCH3 is 1. The Kier molecular flexibility index (Phi) is 7.40. The number of rotatable bonds is 4. The van der Waals surface area contributed by atoms with Crippen molar-refractivity contribution in [3.8, 4) is 5.75 Å². The Morgan fingerprint density at radius 2 is 1.68 bits per heavy atom. The Hall–Kier alpha value is -3.06. The van der Waals surface area contributed by atoms with Crippen LogP contribution < -0.4 is 15.0 Å². The van der Waals surface area contributed by atoms with Gasteiger partial charge in [-0.15, -0.1) is 0 Å². The van der Waals surface area contributed by atoms with Crippen LogP contribution in [0.2, 0.25) is 0 Å². The summed E-state index contributed by atoms with van der Waals surface area (Å²) in [6.45, 7) is 6.62. The minimum atomic E-state index is -1.26. The van der Waals surface area contributed by atoms with Crippen LogP contribution in [-0.2, 0) is 9.59 Å². The van der Waals surface area contributed by atoms with Crippen molar-refractivity contribution in [2.75, 3.05) is 25.1 Å². The van der Waals surface area contributed by atoms with Crippen LogP contribution in [0.1, 0.15) is 13.8 Å². The third kappa shape index (κ3) is 5.99. The van der Waals surface area contributed by atoms with Crippen LogP contribution in [0.5, 0.6) is 5.75 Å². The van der Waals surface area contributed by atoms with Crippen molar-refractivity contribution in [2.45, 2.75) is 25.9 Å². The number of aliphatic carboxylic acids is 2. The molecule has 0 spiro atoms. The largest absolute Gasteiger partial charge is 0.497 e. The van der Waals surface area contributed by atoms with Gasteiger partial charge in [0.15, 0.2) is 0 Å². The summed E-state index contributed by atoms with van der Waals surface area (Å²) in [5.41, 5.74) is 1.31. The molecule has 0 unspecified atom stereocenters. The summed E-state index contributed by atoms with van der Waals surface area (Å²) < 4.78 is 5.28. The molecule has 1 aliphatic rings. The van der Waals surface area contributed by atoms with Crippen LogP contribution in [-0.4, -0.2) is 54.4 Å². The molecule has 150 valence electrons. The molecule has 0 bridgehead atoms. The highest BCUT2D eigenvalue weighted by Gasteiger charge is 2.22. The summed E-state index contributed by atoms with van der Waals surface area (Å²) >= 11 is 0. The lowest BCUT2D eigenvalue weighted by Gasteiger charge is -2.39. The standard InChI is InChI=1S/C17H22N2O.C4H4O4/c1-12-11-19(13(2)10-18-12)16-6-4-15-9-17(20-3)7-5-14(15)8-16;5-3(6)1-2-4(7)8/h4-9,12-13,18H,10-11H2,1-3H3;1-2H,(H,5,6)(H,7,8)/b;2-1+/t12-,13+;/m1./s1. The molecular formula is C21H26N2O5. The van der Waals surface area contributed by atoms with E-state index in [1.54, 1.807) is 7.11 Å². The number of nitrogens with zero attached hydrogens (tertiary/aromatic N) is 1. The lowest BCUT2D eigenvalue weighted by molar-refractivity contribution is -0.134. The quantitative estimate of drug-likeness (QED) is 0.695. The predicted octanol–water partition coefficient (Wildman–Crippen LogP) is 2.75. The zero-order valence-electron chi connectivity index (χ0n) is 16.3. The molecule has 0 amide bonds. The number of hydrogen-bond acceptors (Lipinski definition) is 5. The average Bonchev–Trinajstić information content (AvgIpc) is 2.68. The molecule has 1 heterocycles. The molecule has 0 radical (unpaired) electrons. The van der Waals surface area contributed by atoms with Crippen LogP contribution in [0.25, 0.3) is 10.8 Å². The van der Waals surface area contributed by atoms with Crippen molar-refractivity contribution in [3.63, 3.8) is 0 Å². The number of fused-ring (bicyclic) bond motifs is 1. The molecular weight excluding hydrogens is 360 g/mol. The van der Waals surface area contributed by atoms with E-state index in [0.717, 1.165) is 18.8 Å². The Morgan fingerprint density at radius 1 is 1.07 bits per heavy atom. The Morgan fingerprint density at radius 3 is 2.29 bits per heavy atom. The number of hydrogen-bond donors (Lipinski definition) is 3. The molecule has 7 nitrogen and oxygen atoms in total. The van der Waals surface area contributed by atoms with Gasteiger partial charge in [-0.3, -0.25) is 0 Å². The number of anilines is 1. The smallest absolute Gasteiger partial charge is 0.328 e. The van der Waals surface area contributed by atoms with E-state index in [0.29, 0.717) is 24.2 Å². The fraction of sp³-hybridized carbons (Fsp3) is 0.333. The van der Waals surface area contributed by atoms with Gasteiger partial charge in [-0.05, 0) is 48.9 Å². The lowest BCUT2D eigenvalue weighted by atomic mass is 10.1. The molecule has 7 heteroatoms. The third-order valence-electron chi connectivity index (χ3n) is 4.50. The Bertz CT molecular complexity index is 849. The normalized spacial score (nSPS) is 19.2. The summed E-state index contributed by atoms with van der Waals surface area (Å²) in [5.74, 6) is -1.60. The number of carboxylic acid groups (broad SMARTS) is 2. The molecule has 3 N–H and O–H groups in total. The second-order valence-electron chi connectivity index (χ2n) is 6.72. The minimum Gasteiger partial charge on any atom is -0.497 e. The van der Waals surface area contributed by atoms with Gasteiger partial charge >= 0.3 is 11.9 Å².